The molecule has 1 amide bonds. The molecule has 0 aromatic heterocycles. The van der Waals surface area contributed by atoms with E-state index in [1.165, 1.54) is 25.7 Å². The fourth-order valence-electron chi connectivity index (χ4n) is 3.50. The molecule has 2 fully saturated rings. The van der Waals surface area contributed by atoms with Crippen LogP contribution in [-0.4, -0.2) is 54.5 Å². The highest BCUT2D eigenvalue weighted by molar-refractivity contribution is 5.67. The number of piperidine rings is 1. The first kappa shape index (κ1) is 16.6. The van der Waals surface area contributed by atoms with Gasteiger partial charge in [0.2, 0.25) is 0 Å². The lowest BCUT2D eigenvalue weighted by Crippen LogP contribution is -2.46. The Kier molecular flexibility index (Phi) is 6.77. The van der Waals surface area contributed by atoms with E-state index in [0.717, 1.165) is 38.3 Å². The van der Waals surface area contributed by atoms with E-state index in [9.17, 15) is 9.90 Å². The zero-order chi connectivity index (χ0) is 15.1. The topological polar surface area (TPSA) is 61.8 Å². The molecule has 122 valence electrons. The van der Waals surface area contributed by atoms with Gasteiger partial charge in [0.15, 0.2) is 0 Å². The second-order valence-corrected chi connectivity index (χ2v) is 6.41. The number of aliphatic hydroxyl groups is 1. The predicted molar refractivity (Wildman–Crippen MR) is 82.2 cm³/mol. The molecule has 1 aliphatic carbocycles. The van der Waals surface area contributed by atoms with Crippen LogP contribution in [0.3, 0.4) is 0 Å². The summed E-state index contributed by atoms with van der Waals surface area (Å²) in [6, 6.07) is 0.411. The number of ether oxygens (including phenoxy) is 1. The van der Waals surface area contributed by atoms with Gasteiger partial charge in [-0.2, -0.15) is 0 Å². The van der Waals surface area contributed by atoms with Gasteiger partial charge < -0.3 is 20.1 Å². The number of carbonyl (C=O) groups is 1. The fraction of sp³-hybridized carbons (Fsp3) is 0.938. The zero-order valence-electron chi connectivity index (χ0n) is 13.2. The molecule has 0 spiro atoms. The quantitative estimate of drug-likeness (QED) is 0.788. The van der Waals surface area contributed by atoms with Gasteiger partial charge in [-0.3, -0.25) is 0 Å². The maximum Gasteiger partial charge on any atom is 0.409 e. The minimum absolute atomic E-state index is 0.197. The molecule has 0 bridgehead atoms. The average molecular weight is 298 g/mol. The first-order valence-electron chi connectivity index (χ1n) is 8.52. The van der Waals surface area contributed by atoms with E-state index in [1.807, 2.05) is 6.92 Å². The van der Waals surface area contributed by atoms with Crippen molar-refractivity contribution in [3.63, 3.8) is 0 Å². The largest absolute Gasteiger partial charge is 0.450 e. The van der Waals surface area contributed by atoms with Crippen molar-refractivity contribution in [3.05, 3.63) is 0 Å². The molecule has 2 N–H and O–H groups in total. The Morgan fingerprint density at radius 1 is 1.29 bits per heavy atom. The molecule has 1 aliphatic heterocycles. The molecule has 1 atom stereocenters. The lowest BCUT2D eigenvalue weighted by molar-refractivity contribution is 0.0912. The summed E-state index contributed by atoms with van der Waals surface area (Å²) < 4.78 is 5.02. The van der Waals surface area contributed by atoms with Crippen molar-refractivity contribution >= 4 is 6.09 Å². The summed E-state index contributed by atoms with van der Waals surface area (Å²) >= 11 is 0. The smallest absolute Gasteiger partial charge is 0.409 e. The molecule has 1 heterocycles. The number of aliphatic hydroxyl groups excluding tert-OH is 1. The summed E-state index contributed by atoms with van der Waals surface area (Å²) in [4.78, 5) is 13.4. The Morgan fingerprint density at radius 2 is 1.95 bits per heavy atom. The molecule has 0 aromatic carbocycles. The van der Waals surface area contributed by atoms with Crippen molar-refractivity contribution in [3.8, 4) is 0 Å². The first-order chi connectivity index (χ1) is 10.2. The van der Waals surface area contributed by atoms with Gasteiger partial charge >= 0.3 is 6.09 Å². The number of nitrogens with one attached hydrogen (secondary N) is 1. The predicted octanol–water partition coefficient (Wildman–Crippen LogP) is 2.14. The summed E-state index contributed by atoms with van der Waals surface area (Å²) in [7, 11) is 0. The maximum atomic E-state index is 11.6. The summed E-state index contributed by atoms with van der Waals surface area (Å²) in [5.41, 5.74) is 0. The maximum absolute atomic E-state index is 11.6. The number of hydrogen-bond donors (Lipinski definition) is 2. The lowest BCUT2D eigenvalue weighted by Gasteiger charge is -2.32. The normalized spacial score (nSPS) is 22.5. The summed E-state index contributed by atoms with van der Waals surface area (Å²) in [5.74, 6) is 0.729. The van der Waals surface area contributed by atoms with Crippen LogP contribution in [0.15, 0.2) is 0 Å². The van der Waals surface area contributed by atoms with Gasteiger partial charge in [0.1, 0.15) is 0 Å². The fourth-order valence-corrected chi connectivity index (χ4v) is 3.50. The third-order valence-corrected chi connectivity index (χ3v) is 4.74. The van der Waals surface area contributed by atoms with Crippen LogP contribution >= 0.6 is 0 Å². The Labute approximate surface area is 128 Å². The Balaban J connectivity index is 1.58. The number of rotatable bonds is 6. The Bertz CT molecular complexity index is 311. The van der Waals surface area contributed by atoms with Crippen LogP contribution in [0.25, 0.3) is 0 Å². The van der Waals surface area contributed by atoms with E-state index >= 15 is 0 Å². The van der Waals surface area contributed by atoms with Crippen molar-refractivity contribution in [1.82, 2.24) is 10.2 Å². The van der Waals surface area contributed by atoms with E-state index in [4.69, 9.17) is 4.74 Å². The van der Waals surface area contributed by atoms with Crippen molar-refractivity contribution in [1.29, 1.82) is 0 Å². The van der Waals surface area contributed by atoms with E-state index in [1.54, 1.807) is 4.90 Å². The highest BCUT2D eigenvalue weighted by atomic mass is 16.6. The van der Waals surface area contributed by atoms with Crippen LogP contribution in [0, 0.1) is 5.92 Å². The molecule has 5 heteroatoms. The van der Waals surface area contributed by atoms with Crippen LogP contribution in [0.4, 0.5) is 4.79 Å². The van der Waals surface area contributed by atoms with E-state index in [-0.39, 0.29) is 12.2 Å². The number of carbonyl (C=O) groups excluding carboxylic acids is 1. The second kappa shape index (κ2) is 8.59. The molecule has 21 heavy (non-hydrogen) atoms. The second-order valence-electron chi connectivity index (χ2n) is 6.41. The van der Waals surface area contributed by atoms with Gasteiger partial charge in [0.05, 0.1) is 12.7 Å². The molecule has 2 aliphatic rings. The van der Waals surface area contributed by atoms with Crippen LogP contribution in [0.5, 0.6) is 0 Å². The Hall–Kier alpha value is -0.810. The average Bonchev–Trinajstić information content (AvgIpc) is 2.99. The van der Waals surface area contributed by atoms with Crippen LogP contribution in [0.2, 0.25) is 0 Å². The number of nitrogens with zero attached hydrogens (tertiary/aromatic N) is 1. The van der Waals surface area contributed by atoms with E-state index in [2.05, 4.69) is 5.32 Å². The SMILES string of the molecule is CCOC(=O)N1CCC(NCC(O)CC2CCCC2)CC1. The number of likely N-dealkylation sites (tertiary alicyclic amines) is 1. The minimum Gasteiger partial charge on any atom is -0.450 e. The zero-order valence-corrected chi connectivity index (χ0v) is 13.2. The molecule has 0 radical (unpaired) electrons. The van der Waals surface area contributed by atoms with Crippen LogP contribution in [0.1, 0.15) is 51.9 Å². The lowest BCUT2D eigenvalue weighted by atomic mass is 9.99. The number of hydrogen-bond acceptors (Lipinski definition) is 4. The highest BCUT2D eigenvalue weighted by Crippen LogP contribution is 2.28. The van der Waals surface area contributed by atoms with Gasteiger partial charge in [-0.1, -0.05) is 25.7 Å². The Morgan fingerprint density at radius 3 is 2.57 bits per heavy atom. The first-order valence-corrected chi connectivity index (χ1v) is 8.52. The van der Waals surface area contributed by atoms with Gasteiger partial charge in [0, 0.05) is 25.7 Å². The molecule has 1 saturated heterocycles. The minimum atomic E-state index is -0.226. The van der Waals surface area contributed by atoms with Crippen molar-refractivity contribution in [2.24, 2.45) is 5.92 Å². The number of amides is 1. The monoisotopic (exact) mass is 298 g/mol. The molecule has 0 aromatic rings. The highest BCUT2D eigenvalue weighted by Gasteiger charge is 2.24. The summed E-state index contributed by atoms with van der Waals surface area (Å²) in [6.45, 7) is 4.44. The van der Waals surface area contributed by atoms with Crippen LogP contribution in [-0.2, 0) is 4.74 Å². The molecule has 1 saturated carbocycles. The molecule has 1 unspecified atom stereocenters. The summed E-state index contributed by atoms with van der Waals surface area (Å²) in [6.07, 6.45) is 7.63. The van der Waals surface area contributed by atoms with E-state index in [0.29, 0.717) is 19.2 Å². The van der Waals surface area contributed by atoms with Gasteiger partial charge in [0.25, 0.3) is 0 Å². The molecular weight excluding hydrogens is 268 g/mol. The molecule has 2 rings (SSSR count). The van der Waals surface area contributed by atoms with Crippen molar-refractivity contribution < 1.29 is 14.6 Å². The van der Waals surface area contributed by atoms with Crippen molar-refractivity contribution in [2.75, 3.05) is 26.2 Å². The third kappa shape index (κ3) is 5.47. The third-order valence-electron chi connectivity index (χ3n) is 4.74. The van der Waals surface area contributed by atoms with Crippen LogP contribution < -0.4 is 5.32 Å². The van der Waals surface area contributed by atoms with Crippen molar-refractivity contribution in [2.45, 2.75) is 64.0 Å². The molecular formula is C16H30N2O3. The van der Waals surface area contributed by atoms with Gasteiger partial charge in [-0.05, 0) is 32.1 Å². The summed E-state index contributed by atoms with van der Waals surface area (Å²) in [5, 5.41) is 13.6. The molecule has 5 nitrogen and oxygen atoms in total. The van der Waals surface area contributed by atoms with Gasteiger partial charge in [-0.15, -0.1) is 0 Å². The standard InChI is InChI=1S/C16H30N2O3/c1-2-21-16(20)18-9-7-14(8-10-18)17-12-15(19)11-13-5-3-4-6-13/h13-15,17,19H,2-12H2,1H3. The van der Waals surface area contributed by atoms with Gasteiger partial charge in [-0.25, -0.2) is 4.79 Å². The van der Waals surface area contributed by atoms with E-state index < -0.39 is 0 Å².